The molecule has 3 heteroatoms. The molecule has 1 aromatic rings. The highest BCUT2D eigenvalue weighted by molar-refractivity contribution is 5.93. The summed E-state index contributed by atoms with van der Waals surface area (Å²) in [6.07, 6.45) is 0. The second-order valence-electron chi connectivity index (χ2n) is 3.74. The topological polar surface area (TPSA) is 51.2 Å². The van der Waals surface area contributed by atoms with E-state index in [1.54, 1.807) is 6.92 Å². The predicted molar refractivity (Wildman–Crippen MR) is 80.5 cm³/mol. The lowest BCUT2D eigenvalue weighted by Crippen LogP contribution is -1.88. The van der Waals surface area contributed by atoms with Gasteiger partial charge in [0.1, 0.15) is 11.6 Å². The van der Waals surface area contributed by atoms with Crippen molar-refractivity contribution in [2.75, 3.05) is 0 Å². The number of Topliss-reactive ketones (excluding diaryl/α,β-unsaturated/α-hetero) is 3. The summed E-state index contributed by atoms with van der Waals surface area (Å²) in [4.78, 5) is 29.5. The zero-order chi connectivity index (χ0) is 15.8. The van der Waals surface area contributed by atoms with Gasteiger partial charge in [0.25, 0.3) is 0 Å². The van der Waals surface area contributed by atoms with Crippen LogP contribution in [0, 0.1) is 0 Å². The third-order valence-electron chi connectivity index (χ3n) is 1.18. The highest BCUT2D eigenvalue weighted by atomic mass is 16.1. The summed E-state index contributed by atoms with van der Waals surface area (Å²) < 4.78 is 0. The Morgan fingerprint density at radius 2 is 0.947 bits per heavy atom. The molecule has 0 saturated carbocycles. The molecule has 0 N–H and O–H groups in total. The predicted octanol–water partition coefficient (Wildman–Crippen LogP) is 4.11. The van der Waals surface area contributed by atoms with Crippen LogP contribution in [0.5, 0.6) is 0 Å². The van der Waals surface area contributed by atoms with E-state index in [1.807, 2.05) is 44.2 Å². The number of ketones is 3. The van der Waals surface area contributed by atoms with Gasteiger partial charge in [-0.3, -0.25) is 4.79 Å². The van der Waals surface area contributed by atoms with E-state index in [4.69, 9.17) is 0 Å². The summed E-state index contributed by atoms with van der Waals surface area (Å²) in [5, 5.41) is 0. The molecule has 0 spiro atoms. The summed E-state index contributed by atoms with van der Waals surface area (Å²) in [6.45, 7) is 11.7. The first kappa shape index (κ1) is 22.4. The minimum absolute atomic E-state index is 0.121. The largest absolute Gasteiger partial charge is 0.300 e. The van der Waals surface area contributed by atoms with Gasteiger partial charge in [-0.25, -0.2) is 0 Å². The molecule has 0 aliphatic heterocycles. The second kappa shape index (κ2) is 16.2. The first-order valence-corrected chi connectivity index (χ1v) is 6.27. The lowest BCUT2D eigenvalue weighted by molar-refractivity contribution is -0.115. The molecule has 0 bridgehead atoms. The van der Waals surface area contributed by atoms with Gasteiger partial charge in [0.05, 0.1) is 0 Å². The van der Waals surface area contributed by atoms with Gasteiger partial charge in [-0.1, -0.05) is 44.2 Å². The monoisotopic (exact) mass is 266 g/mol. The smallest absolute Gasteiger partial charge is 0.159 e. The quantitative estimate of drug-likeness (QED) is 0.719. The molecular weight excluding hydrogens is 240 g/mol. The van der Waals surface area contributed by atoms with E-state index in [1.165, 1.54) is 27.7 Å². The van der Waals surface area contributed by atoms with Gasteiger partial charge >= 0.3 is 0 Å². The van der Waals surface area contributed by atoms with Crippen LogP contribution in [0.25, 0.3) is 0 Å². The molecule has 0 atom stereocenters. The summed E-state index contributed by atoms with van der Waals surface area (Å²) in [5.74, 6) is 0.454. The minimum Gasteiger partial charge on any atom is -0.300 e. The van der Waals surface area contributed by atoms with Crippen molar-refractivity contribution < 1.29 is 14.4 Å². The van der Waals surface area contributed by atoms with E-state index in [0.29, 0.717) is 0 Å². The van der Waals surface area contributed by atoms with Crippen molar-refractivity contribution in [3.63, 3.8) is 0 Å². The molecule has 108 valence electrons. The van der Waals surface area contributed by atoms with Crippen LogP contribution in [0.2, 0.25) is 0 Å². The molecule has 0 saturated heterocycles. The summed E-state index contributed by atoms with van der Waals surface area (Å²) >= 11 is 0. The molecule has 0 radical (unpaired) electrons. The van der Waals surface area contributed by atoms with Gasteiger partial charge in [0.2, 0.25) is 0 Å². The van der Waals surface area contributed by atoms with Gasteiger partial charge in [-0.05, 0) is 34.6 Å². The van der Waals surface area contributed by atoms with Crippen molar-refractivity contribution in [2.24, 2.45) is 0 Å². The average Bonchev–Trinajstić information content (AvgIpc) is 2.31. The fourth-order valence-electron chi connectivity index (χ4n) is 0.673. The summed E-state index contributed by atoms with van der Waals surface area (Å²) in [7, 11) is 0. The van der Waals surface area contributed by atoms with Crippen LogP contribution in [0.4, 0.5) is 0 Å². The number of rotatable bonds is 1. The maximum Gasteiger partial charge on any atom is 0.159 e. The Morgan fingerprint density at radius 3 is 1.11 bits per heavy atom. The Balaban J connectivity index is -0.000000217. The Labute approximate surface area is 117 Å². The molecule has 0 unspecified atom stereocenters. The van der Waals surface area contributed by atoms with E-state index in [-0.39, 0.29) is 17.3 Å². The van der Waals surface area contributed by atoms with Gasteiger partial charge in [0.15, 0.2) is 5.78 Å². The Kier molecular flexibility index (Phi) is 19.1. The van der Waals surface area contributed by atoms with Gasteiger partial charge in [-0.15, -0.1) is 0 Å². The minimum atomic E-state index is 0.121. The number of hydrogen-bond donors (Lipinski definition) is 0. The highest BCUT2D eigenvalue weighted by Gasteiger charge is 1.92. The number of benzene rings is 1. The SMILES string of the molecule is CC.CC(=O)c1ccccc1.CC(C)=O.CC(C)=O. The molecule has 0 aliphatic carbocycles. The molecular formula is C16H26O3. The van der Waals surface area contributed by atoms with Crippen molar-refractivity contribution in [3.8, 4) is 0 Å². The zero-order valence-corrected chi connectivity index (χ0v) is 13.1. The van der Waals surface area contributed by atoms with Crippen LogP contribution in [-0.2, 0) is 9.59 Å². The molecule has 3 nitrogen and oxygen atoms in total. The molecule has 0 aromatic heterocycles. The van der Waals surface area contributed by atoms with E-state index in [2.05, 4.69) is 0 Å². The molecule has 0 fully saturated rings. The second-order valence-corrected chi connectivity index (χ2v) is 3.74. The molecule has 0 heterocycles. The van der Waals surface area contributed by atoms with Crippen LogP contribution in [0.3, 0.4) is 0 Å². The van der Waals surface area contributed by atoms with E-state index >= 15 is 0 Å². The van der Waals surface area contributed by atoms with Gasteiger partial charge in [-0.2, -0.15) is 0 Å². The van der Waals surface area contributed by atoms with Crippen molar-refractivity contribution in [3.05, 3.63) is 35.9 Å². The van der Waals surface area contributed by atoms with Crippen molar-refractivity contribution in [1.82, 2.24) is 0 Å². The maximum atomic E-state index is 10.6. The summed E-state index contributed by atoms with van der Waals surface area (Å²) in [5.41, 5.74) is 0.775. The number of carbonyl (C=O) groups is 3. The molecule has 1 aromatic carbocycles. The van der Waals surface area contributed by atoms with Crippen LogP contribution in [-0.4, -0.2) is 17.3 Å². The van der Waals surface area contributed by atoms with Crippen molar-refractivity contribution in [2.45, 2.75) is 48.5 Å². The highest BCUT2D eigenvalue weighted by Crippen LogP contribution is 1.97. The molecule has 19 heavy (non-hydrogen) atoms. The normalized spacial score (nSPS) is 7.32. The number of hydrogen-bond acceptors (Lipinski definition) is 3. The first-order valence-electron chi connectivity index (χ1n) is 6.27. The lowest BCUT2D eigenvalue weighted by atomic mass is 10.2. The summed E-state index contributed by atoms with van der Waals surface area (Å²) in [6, 6.07) is 9.23. The Morgan fingerprint density at radius 1 is 0.684 bits per heavy atom. The fourth-order valence-corrected chi connectivity index (χ4v) is 0.673. The van der Waals surface area contributed by atoms with Crippen LogP contribution >= 0.6 is 0 Å². The van der Waals surface area contributed by atoms with Crippen LogP contribution in [0.1, 0.15) is 58.8 Å². The standard InChI is InChI=1S/C8H8O.2C3H6O.C2H6/c1-7(9)8-5-3-2-4-6-8;2*1-3(2)4;1-2/h2-6H,1H3;2*1-2H3;1-2H3. The third-order valence-corrected chi connectivity index (χ3v) is 1.18. The molecule has 1 rings (SSSR count). The Bertz CT molecular complexity index is 334. The van der Waals surface area contributed by atoms with E-state index in [0.717, 1.165) is 5.56 Å². The molecule has 0 amide bonds. The third kappa shape index (κ3) is 31.4. The fraction of sp³-hybridized carbons (Fsp3) is 0.438. The average molecular weight is 266 g/mol. The first-order chi connectivity index (χ1) is 8.77. The molecule has 0 aliphatic rings. The van der Waals surface area contributed by atoms with Crippen LogP contribution in [0.15, 0.2) is 30.3 Å². The zero-order valence-electron chi connectivity index (χ0n) is 13.1. The van der Waals surface area contributed by atoms with E-state index in [9.17, 15) is 14.4 Å². The number of carbonyl (C=O) groups excluding carboxylic acids is 3. The van der Waals surface area contributed by atoms with Gasteiger partial charge in [0, 0.05) is 5.56 Å². The Hall–Kier alpha value is -1.77. The van der Waals surface area contributed by atoms with Crippen LogP contribution < -0.4 is 0 Å². The van der Waals surface area contributed by atoms with Crippen molar-refractivity contribution >= 4 is 17.3 Å². The van der Waals surface area contributed by atoms with Crippen molar-refractivity contribution in [1.29, 1.82) is 0 Å². The van der Waals surface area contributed by atoms with E-state index < -0.39 is 0 Å². The maximum absolute atomic E-state index is 10.6. The van der Waals surface area contributed by atoms with Gasteiger partial charge < -0.3 is 9.59 Å². The lowest BCUT2D eigenvalue weighted by Gasteiger charge is -1.89.